The van der Waals surface area contributed by atoms with E-state index in [9.17, 15) is 9.59 Å². The first kappa shape index (κ1) is 16.9. The van der Waals surface area contributed by atoms with Gasteiger partial charge in [-0.3, -0.25) is 4.79 Å². The van der Waals surface area contributed by atoms with Crippen molar-refractivity contribution in [3.05, 3.63) is 21.9 Å². The van der Waals surface area contributed by atoms with Gasteiger partial charge in [-0.25, -0.2) is 4.79 Å². The summed E-state index contributed by atoms with van der Waals surface area (Å²) in [6.45, 7) is 6.83. The van der Waals surface area contributed by atoms with Crippen molar-refractivity contribution >= 4 is 35.1 Å². The molecule has 0 saturated heterocycles. The lowest BCUT2D eigenvalue weighted by atomic mass is 10.2. The highest BCUT2D eigenvalue weighted by Crippen LogP contribution is 2.25. The maximum atomic E-state index is 12.1. The Bertz CT molecular complexity index is 532. The van der Waals surface area contributed by atoms with Crippen molar-refractivity contribution in [2.75, 3.05) is 0 Å². The number of ether oxygens (including phenoxy) is 1. The van der Waals surface area contributed by atoms with E-state index in [0.29, 0.717) is 0 Å². The fourth-order valence-corrected chi connectivity index (χ4v) is 1.86. The highest BCUT2D eigenvalue weighted by molar-refractivity contribution is 6.41. The molecule has 0 fully saturated rings. The molecule has 1 amide bonds. The largest absolute Gasteiger partial charge is 0.458 e. The van der Waals surface area contributed by atoms with Crippen molar-refractivity contribution in [3.63, 3.8) is 0 Å². The standard InChI is InChI=1S/C13H18Cl2N2O3/c1-7(12(19)20-13(2,3)4)16-11(18)9-6-8(14)10(15)17(9)5/h6-7H,1-5H3,(H,16,18)/t7-/m1/s1. The van der Waals surface area contributed by atoms with Gasteiger partial charge in [-0.2, -0.15) is 0 Å². The molecule has 20 heavy (non-hydrogen) atoms. The number of rotatable bonds is 3. The summed E-state index contributed by atoms with van der Waals surface area (Å²) in [4.78, 5) is 23.8. The number of amides is 1. The second-order valence-corrected chi connectivity index (χ2v) is 6.22. The van der Waals surface area contributed by atoms with Crippen LogP contribution < -0.4 is 5.32 Å². The minimum atomic E-state index is -0.769. The zero-order valence-electron chi connectivity index (χ0n) is 12.1. The van der Waals surface area contributed by atoms with Crippen molar-refractivity contribution in [3.8, 4) is 0 Å². The third-order valence-electron chi connectivity index (χ3n) is 2.46. The van der Waals surface area contributed by atoms with Gasteiger partial charge in [-0.15, -0.1) is 0 Å². The summed E-state index contributed by atoms with van der Waals surface area (Å²) < 4.78 is 6.63. The molecule has 0 aliphatic carbocycles. The number of carbonyl (C=O) groups excluding carboxylic acids is 2. The van der Waals surface area contributed by atoms with Crippen LogP contribution in [-0.4, -0.2) is 28.1 Å². The van der Waals surface area contributed by atoms with Gasteiger partial charge in [0.1, 0.15) is 22.5 Å². The molecule has 0 saturated carbocycles. The number of esters is 1. The fourth-order valence-electron chi connectivity index (χ4n) is 1.48. The number of hydrogen-bond donors (Lipinski definition) is 1. The monoisotopic (exact) mass is 320 g/mol. The van der Waals surface area contributed by atoms with Gasteiger partial charge in [-0.05, 0) is 33.8 Å². The van der Waals surface area contributed by atoms with Gasteiger partial charge < -0.3 is 14.6 Å². The number of aromatic nitrogens is 1. The van der Waals surface area contributed by atoms with E-state index in [1.54, 1.807) is 34.7 Å². The topological polar surface area (TPSA) is 60.3 Å². The Balaban J connectivity index is 2.75. The van der Waals surface area contributed by atoms with E-state index in [1.165, 1.54) is 10.6 Å². The number of nitrogens with one attached hydrogen (secondary N) is 1. The maximum absolute atomic E-state index is 12.1. The predicted octanol–water partition coefficient (Wildman–Crippen LogP) is 2.79. The van der Waals surface area contributed by atoms with E-state index in [1.807, 2.05) is 0 Å². The van der Waals surface area contributed by atoms with E-state index in [4.69, 9.17) is 27.9 Å². The Morgan fingerprint density at radius 3 is 2.30 bits per heavy atom. The normalized spacial score (nSPS) is 12.9. The molecule has 0 radical (unpaired) electrons. The van der Waals surface area contributed by atoms with Crippen LogP contribution in [0, 0.1) is 0 Å². The molecule has 1 aromatic rings. The highest BCUT2D eigenvalue weighted by atomic mass is 35.5. The first-order valence-corrected chi connectivity index (χ1v) is 6.83. The van der Waals surface area contributed by atoms with E-state index < -0.39 is 23.5 Å². The van der Waals surface area contributed by atoms with Gasteiger partial charge in [0, 0.05) is 7.05 Å². The van der Waals surface area contributed by atoms with Crippen molar-refractivity contribution in [2.45, 2.75) is 39.3 Å². The molecule has 5 nitrogen and oxygen atoms in total. The lowest BCUT2D eigenvalue weighted by Crippen LogP contribution is -2.42. The Morgan fingerprint density at radius 1 is 1.35 bits per heavy atom. The zero-order chi connectivity index (χ0) is 15.7. The van der Waals surface area contributed by atoms with Crippen LogP contribution in [0.3, 0.4) is 0 Å². The maximum Gasteiger partial charge on any atom is 0.328 e. The summed E-state index contributed by atoms with van der Waals surface area (Å²) in [5.41, 5.74) is -0.330. The average Bonchev–Trinajstić information content (AvgIpc) is 2.54. The summed E-state index contributed by atoms with van der Waals surface area (Å²) in [5, 5.41) is 3.10. The molecule has 1 rings (SSSR count). The van der Waals surface area contributed by atoms with Crippen LogP contribution in [0.25, 0.3) is 0 Å². The summed E-state index contributed by atoms with van der Waals surface area (Å²) in [5.74, 6) is -0.947. The molecular formula is C13H18Cl2N2O3. The van der Waals surface area contributed by atoms with Gasteiger partial charge in [0.25, 0.3) is 5.91 Å². The van der Waals surface area contributed by atoms with Crippen LogP contribution in [0.5, 0.6) is 0 Å². The summed E-state index contributed by atoms with van der Waals surface area (Å²) >= 11 is 11.7. The summed E-state index contributed by atoms with van der Waals surface area (Å²) in [6, 6.07) is 0.676. The van der Waals surface area contributed by atoms with Crippen LogP contribution in [0.4, 0.5) is 0 Å². The minimum Gasteiger partial charge on any atom is -0.458 e. The Kier molecular flexibility index (Phi) is 5.10. The average molecular weight is 321 g/mol. The number of halogens is 2. The molecule has 0 bridgehead atoms. The predicted molar refractivity (Wildman–Crippen MR) is 78.2 cm³/mol. The SMILES string of the molecule is C[C@@H](NC(=O)c1cc(Cl)c(Cl)n1C)C(=O)OC(C)(C)C. The minimum absolute atomic E-state index is 0.265. The summed E-state index contributed by atoms with van der Waals surface area (Å²) in [6.07, 6.45) is 0. The van der Waals surface area contributed by atoms with Crippen molar-refractivity contribution in [1.82, 2.24) is 9.88 Å². The molecule has 7 heteroatoms. The van der Waals surface area contributed by atoms with Gasteiger partial charge in [0.2, 0.25) is 0 Å². The van der Waals surface area contributed by atoms with E-state index in [-0.39, 0.29) is 15.9 Å². The molecule has 0 aliphatic rings. The molecule has 0 unspecified atom stereocenters. The van der Waals surface area contributed by atoms with Gasteiger partial charge in [0.05, 0.1) is 5.02 Å². The van der Waals surface area contributed by atoms with Crippen molar-refractivity contribution in [2.24, 2.45) is 7.05 Å². The lowest BCUT2D eigenvalue weighted by molar-refractivity contribution is -0.156. The van der Waals surface area contributed by atoms with E-state index >= 15 is 0 Å². The van der Waals surface area contributed by atoms with Crippen LogP contribution in [0.1, 0.15) is 38.2 Å². The zero-order valence-corrected chi connectivity index (χ0v) is 13.6. The van der Waals surface area contributed by atoms with Crippen molar-refractivity contribution < 1.29 is 14.3 Å². The molecule has 112 valence electrons. The Morgan fingerprint density at radius 2 is 1.90 bits per heavy atom. The highest BCUT2D eigenvalue weighted by Gasteiger charge is 2.24. The Labute approximate surface area is 128 Å². The molecule has 0 aromatic carbocycles. The summed E-state index contributed by atoms with van der Waals surface area (Å²) in [7, 11) is 1.61. The molecular weight excluding hydrogens is 303 g/mol. The molecule has 0 aliphatic heterocycles. The van der Waals surface area contributed by atoms with E-state index in [2.05, 4.69) is 5.32 Å². The number of hydrogen-bond acceptors (Lipinski definition) is 3. The molecule has 1 atom stereocenters. The molecule has 1 aromatic heterocycles. The quantitative estimate of drug-likeness (QED) is 0.871. The number of carbonyl (C=O) groups is 2. The van der Waals surface area contributed by atoms with Crippen LogP contribution in [-0.2, 0) is 16.6 Å². The first-order chi connectivity index (χ1) is 9.03. The third kappa shape index (κ3) is 4.15. The van der Waals surface area contributed by atoms with Gasteiger partial charge in [0.15, 0.2) is 0 Å². The molecule has 1 heterocycles. The van der Waals surface area contributed by atoms with Gasteiger partial charge >= 0.3 is 5.97 Å². The fraction of sp³-hybridized carbons (Fsp3) is 0.538. The van der Waals surface area contributed by atoms with Crippen LogP contribution in [0.15, 0.2) is 6.07 Å². The second-order valence-electron chi connectivity index (χ2n) is 5.46. The lowest BCUT2D eigenvalue weighted by Gasteiger charge is -2.22. The van der Waals surface area contributed by atoms with E-state index in [0.717, 1.165) is 0 Å². The third-order valence-corrected chi connectivity index (χ3v) is 3.30. The smallest absolute Gasteiger partial charge is 0.328 e. The van der Waals surface area contributed by atoms with Crippen LogP contribution in [0.2, 0.25) is 10.2 Å². The molecule has 1 N–H and O–H groups in total. The number of nitrogens with zero attached hydrogens (tertiary/aromatic N) is 1. The Hall–Kier alpha value is -1.20. The first-order valence-electron chi connectivity index (χ1n) is 6.07. The van der Waals surface area contributed by atoms with Gasteiger partial charge in [-0.1, -0.05) is 23.2 Å². The second kappa shape index (κ2) is 6.06. The van der Waals surface area contributed by atoms with Crippen LogP contribution >= 0.6 is 23.2 Å². The van der Waals surface area contributed by atoms with Crippen molar-refractivity contribution in [1.29, 1.82) is 0 Å². The molecule has 0 spiro atoms.